The predicted octanol–water partition coefficient (Wildman–Crippen LogP) is 4.96. The van der Waals surface area contributed by atoms with Crippen LogP contribution in [0.3, 0.4) is 0 Å². The molecular formula is C32H40N2O6. The molecule has 2 aromatic carbocycles. The van der Waals surface area contributed by atoms with Gasteiger partial charge in [-0.05, 0) is 42.7 Å². The number of amides is 1. The lowest BCUT2D eigenvalue weighted by atomic mass is 9.95. The first-order valence-corrected chi connectivity index (χ1v) is 14.2. The van der Waals surface area contributed by atoms with Gasteiger partial charge in [0.25, 0.3) is 5.91 Å². The number of unbranched alkanes of at least 4 members (excludes halogenated alkanes) is 2. The van der Waals surface area contributed by atoms with Crippen LogP contribution in [-0.4, -0.2) is 79.2 Å². The highest BCUT2D eigenvalue weighted by Crippen LogP contribution is 2.41. The lowest BCUT2D eigenvalue weighted by Crippen LogP contribution is -2.43. The number of aliphatic hydroxyl groups is 1. The Balaban J connectivity index is 1.65. The number of ether oxygens (including phenoxy) is 3. The van der Waals surface area contributed by atoms with E-state index in [0.717, 1.165) is 37.9 Å². The van der Waals surface area contributed by atoms with Gasteiger partial charge in [-0.25, -0.2) is 0 Å². The Bertz CT molecular complexity index is 1200. The lowest BCUT2D eigenvalue weighted by molar-refractivity contribution is -0.129. The summed E-state index contributed by atoms with van der Waals surface area (Å²) in [6, 6.07) is 14.2. The van der Waals surface area contributed by atoms with Gasteiger partial charge in [0, 0.05) is 26.2 Å². The van der Waals surface area contributed by atoms with Crippen LogP contribution in [0.4, 0.5) is 0 Å². The molecule has 0 spiro atoms. The molecule has 2 aliphatic heterocycles. The second kappa shape index (κ2) is 14.7. The van der Waals surface area contributed by atoms with Gasteiger partial charge in [0.1, 0.15) is 0 Å². The first-order valence-electron chi connectivity index (χ1n) is 14.2. The van der Waals surface area contributed by atoms with Crippen molar-refractivity contribution in [1.82, 2.24) is 9.80 Å². The van der Waals surface area contributed by atoms with E-state index in [-0.39, 0.29) is 5.57 Å². The highest BCUT2D eigenvalue weighted by atomic mass is 16.5. The number of hydrogen-bond acceptors (Lipinski definition) is 7. The van der Waals surface area contributed by atoms with Crippen LogP contribution >= 0.6 is 0 Å². The maximum atomic E-state index is 13.5. The second-order valence-electron chi connectivity index (χ2n) is 9.92. The number of ketones is 1. The fraction of sp³-hybridized carbons (Fsp3) is 0.438. The standard InChI is InChI=1S/C32H40N2O6/c1-3-5-9-20-40-27-15-13-25(23-28(27)39-4-2)30-29(26(35)14-12-24-10-7-6-8-11-24)31(36)32(37)34(30)17-16-33-18-21-38-22-19-33/h6-8,10-15,23,30,36H,3-5,9,16-22H2,1-2H3. The molecule has 1 fully saturated rings. The van der Waals surface area contributed by atoms with Crippen molar-refractivity contribution in [2.45, 2.75) is 39.2 Å². The molecule has 8 nitrogen and oxygen atoms in total. The van der Waals surface area contributed by atoms with Crippen molar-refractivity contribution in [3.8, 4) is 11.5 Å². The van der Waals surface area contributed by atoms with E-state index in [9.17, 15) is 14.7 Å². The molecule has 4 rings (SSSR count). The number of carbonyl (C=O) groups is 2. The van der Waals surface area contributed by atoms with Crippen LogP contribution in [0.25, 0.3) is 6.08 Å². The predicted molar refractivity (Wildman–Crippen MR) is 154 cm³/mol. The summed E-state index contributed by atoms with van der Waals surface area (Å²) < 4.78 is 17.4. The van der Waals surface area contributed by atoms with Crippen LogP contribution in [0.1, 0.15) is 50.3 Å². The highest BCUT2D eigenvalue weighted by molar-refractivity contribution is 6.14. The first-order chi connectivity index (χ1) is 19.5. The van der Waals surface area contributed by atoms with Crippen LogP contribution in [-0.2, 0) is 14.3 Å². The molecule has 1 atom stereocenters. The van der Waals surface area contributed by atoms with Gasteiger partial charge in [0.2, 0.25) is 0 Å². The molecule has 1 unspecified atom stereocenters. The summed E-state index contributed by atoms with van der Waals surface area (Å²) in [6.45, 7) is 8.86. The molecule has 1 saturated heterocycles. The average molecular weight is 549 g/mol. The molecule has 2 aliphatic rings. The fourth-order valence-corrected chi connectivity index (χ4v) is 5.00. The van der Waals surface area contributed by atoms with Crippen molar-refractivity contribution in [2.24, 2.45) is 0 Å². The molecule has 0 saturated carbocycles. The maximum Gasteiger partial charge on any atom is 0.290 e. The van der Waals surface area contributed by atoms with Gasteiger partial charge in [-0.2, -0.15) is 0 Å². The zero-order chi connectivity index (χ0) is 28.3. The summed E-state index contributed by atoms with van der Waals surface area (Å²) in [5.74, 6) is -0.294. The quantitative estimate of drug-likeness (QED) is 0.264. The normalized spacial score (nSPS) is 18.1. The summed E-state index contributed by atoms with van der Waals surface area (Å²) in [5.41, 5.74) is 1.60. The third-order valence-electron chi connectivity index (χ3n) is 7.15. The lowest BCUT2D eigenvalue weighted by Gasteiger charge is -2.31. The van der Waals surface area contributed by atoms with Gasteiger partial charge in [-0.1, -0.05) is 62.2 Å². The molecule has 0 aromatic heterocycles. The van der Waals surface area contributed by atoms with Crippen LogP contribution in [0.2, 0.25) is 0 Å². The second-order valence-corrected chi connectivity index (χ2v) is 9.92. The molecule has 8 heteroatoms. The van der Waals surface area contributed by atoms with Crippen LogP contribution in [0.5, 0.6) is 11.5 Å². The Labute approximate surface area is 236 Å². The van der Waals surface area contributed by atoms with E-state index in [2.05, 4.69) is 11.8 Å². The number of rotatable bonds is 14. The Morgan fingerprint density at radius 3 is 2.52 bits per heavy atom. The number of carbonyl (C=O) groups excluding carboxylic acids is 2. The largest absolute Gasteiger partial charge is 0.503 e. The van der Waals surface area contributed by atoms with Gasteiger partial charge >= 0.3 is 0 Å². The number of morpholine rings is 1. The molecule has 1 amide bonds. The first kappa shape index (κ1) is 29.4. The minimum Gasteiger partial charge on any atom is -0.503 e. The van der Waals surface area contributed by atoms with Gasteiger partial charge in [0.15, 0.2) is 23.0 Å². The van der Waals surface area contributed by atoms with E-state index < -0.39 is 23.5 Å². The van der Waals surface area contributed by atoms with Gasteiger partial charge in [-0.15, -0.1) is 0 Å². The fourth-order valence-electron chi connectivity index (χ4n) is 5.00. The zero-order valence-corrected chi connectivity index (χ0v) is 23.5. The van der Waals surface area contributed by atoms with E-state index in [1.54, 1.807) is 11.0 Å². The summed E-state index contributed by atoms with van der Waals surface area (Å²) >= 11 is 0. The molecule has 0 radical (unpaired) electrons. The van der Waals surface area contributed by atoms with Gasteiger partial charge in [0.05, 0.1) is 38.0 Å². The van der Waals surface area contributed by atoms with Crippen molar-refractivity contribution < 1.29 is 28.9 Å². The van der Waals surface area contributed by atoms with Crippen LogP contribution in [0.15, 0.2) is 65.9 Å². The number of aliphatic hydroxyl groups excluding tert-OH is 1. The maximum absolute atomic E-state index is 13.5. The highest BCUT2D eigenvalue weighted by Gasteiger charge is 2.43. The topological polar surface area (TPSA) is 88.5 Å². The monoisotopic (exact) mass is 548 g/mol. The third kappa shape index (κ3) is 7.31. The summed E-state index contributed by atoms with van der Waals surface area (Å²) in [7, 11) is 0. The van der Waals surface area contributed by atoms with E-state index >= 15 is 0 Å². The SMILES string of the molecule is CCCCCOc1ccc(C2C(C(=O)C=Cc3ccccc3)=C(O)C(=O)N2CCN2CCOCC2)cc1OCC. The third-order valence-corrected chi connectivity index (χ3v) is 7.15. The molecule has 1 N–H and O–H groups in total. The molecule has 214 valence electrons. The Morgan fingerprint density at radius 2 is 1.80 bits per heavy atom. The minimum absolute atomic E-state index is 0.0678. The van der Waals surface area contributed by atoms with Crippen molar-refractivity contribution in [3.05, 3.63) is 77.1 Å². The minimum atomic E-state index is -0.755. The Kier molecular flexibility index (Phi) is 10.8. The Hall–Kier alpha value is -3.62. The van der Waals surface area contributed by atoms with Gasteiger partial charge in [-0.3, -0.25) is 14.5 Å². The Morgan fingerprint density at radius 1 is 1.02 bits per heavy atom. The van der Waals surface area contributed by atoms with E-state index in [1.807, 2.05) is 55.5 Å². The van der Waals surface area contributed by atoms with Crippen molar-refractivity contribution in [2.75, 3.05) is 52.6 Å². The summed E-state index contributed by atoms with van der Waals surface area (Å²) in [4.78, 5) is 30.7. The van der Waals surface area contributed by atoms with Crippen LogP contribution in [0, 0.1) is 0 Å². The van der Waals surface area contributed by atoms with E-state index in [1.165, 1.54) is 6.08 Å². The van der Waals surface area contributed by atoms with E-state index in [4.69, 9.17) is 14.2 Å². The number of allylic oxidation sites excluding steroid dienone is 1. The summed E-state index contributed by atoms with van der Waals surface area (Å²) in [6.07, 6.45) is 6.23. The molecule has 2 heterocycles. The van der Waals surface area contributed by atoms with Crippen LogP contribution < -0.4 is 9.47 Å². The summed E-state index contributed by atoms with van der Waals surface area (Å²) in [5, 5.41) is 11.0. The van der Waals surface area contributed by atoms with Crippen molar-refractivity contribution in [3.63, 3.8) is 0 Å². The average Bonchev–Trinajstić information content (AvgIpc) is 3.24. The van der Waals surface area contributed by atoms with Crippen molar-refractivity contribution in [1.29, 1.82) is 0 Å². The van der Waals surface area contributed by atoms with Gasteiger partial charge < -0.3 is 24.2 Å². The number of benzene rings is 2. The van der Waals surface area contributed by atoms with E-state index in [0.29, 0.717) is 56.6 Å². The number of hydrogen-bond donors (Lipinski definition) is 1. The van der Waals surface area contributed by atoms with Crippen molar-refractivity contribution >= 4 is 17.8 Å². The molecule has 2 aromatic rings. The molecule has 40 heavy (non-hydrogen) atoms. The smallest absolute Gasteiger partial charge is 0.290 e. The molecule has 0 aliphatic carbocycles. The zero-order valence-electron chi connectivity index (χ0n) is 23.5. The molecular weight excluding hydrogens is 508 g/mol. The molecule has 0 bridgehead atoms. The number of nitrogens with zero attached hydrogens (tertiary/aromatic N) is 2.